The Labute approximate surface area is 165 Å². The highest BCUT2D eigenvalue weighted by atomic mass is 16.3. The van der Waals surface area contributed by atoms with Crippen LogP contribution in [0.2, 0.25) is 0 Å². The standard InChI is InChI=1S/C23H26N2O3/c1-5-14-25-20(16-10-12-18(13-11-16)24(3)4)19(22(27)23(25)28)21(26)17-8-6-15(2)7-9-17/h6-13,20,26H,5,14H2,1-4H3/b21-19-. The largest absolute Gasteiger partial charge is 0.507 e. The van der Waals surface area contributed by atoms with Crippen molar-refractivity contribution in [3.05, 3.63) is 70.8 Å². The minimum Gasteiger partial charge on any atom is -0.507 e. The van der Waals surface area contributed by atoms with Crippen LogP contribution < -0.4 is 4.90 Å². The highest BCUT2D eigenvalue weighted by molar-refractivity contribution is 6.46. The summed E-state index contributed by atoms with van der Waals surface area (Å²) in [5.41, 5.74) is 3.58. The van der Waals surface area contributed by atoms with Crippen LogP contribution in [0.25, 0.3) is 5.76 Å². The van der Waals surface area contributed by atoms with E-state index in [9.17, 15) is 14.7 Å². The van der Waals surface area contributed by atoms with E-state index >= 15 is 0 Å². The molecule has 28 heavy (non-hydrogen) atoms. The molecule has 146 valence electrons. The molecular formula is C23H26N2O3. The number of likely N-dealkylation sites (tertiary alicyclic amines) is 1. The van der Waals surface area contributed by atoms with Crippen molar-refractivity contribution < 1.29 is 14.7 Å². The van der Waals surface area contributed by atoms with Crippen LogP contribution in [0.15, 0.2) is 54.1 Å². The summed E-state index contributed by atoms with van der Waals surface area (Å²) in [5.74, 6) is -1.32. The average molecular weight is 378 g/mol. The number of aliphatic hydroxyl groups excluding tert-OH is 1. The molecule has 3 rings (SSSR count). The van der Waals surface area contributed by atoms with E-state index in [4.69, 9.17) is 0 Å². The molecular weight excluding hydrogens is 352 g/mol. The van der Waals surface area contributed by atoms with E-state index < -0.39 is 17.7 Å². The second kappa shape index (κ2) is 7.89. The Morgan fingerprint density at radius 2 is 1.64 bits per heavy atom. The maximum absolute atomic E-state index is 12.8. The molecule has 0 bridgehead atoms. The van der Waals surface area contributed by atoms with Crippen LogP contribution >= 0.6 is 0 Å². The molecule has 0 aromatic heterocycles. The fourth-order valence-electron chi connectivity index (χ4n) is 3.52. The van der Waals surface area contributed by atoms with Gasteiger partial charge in [0, 0.05) is 31.9 Å². The first-order valence-corrected chi connectivity index (χ1v) is 9.48. The molecule has 1 aliphatic heterocycles. The van der Waals surface area contributed by atoms with Crippen LogP contribution in [0.4, 0.5) is 5.69 Å². The summed E-state index contributed by atoms with van der Waals surface area (Å²) >= 11 is 0. The Balaban J connectivity index is 2.14. The van der Waals surface area contributed by atoms with E-state index in [1.807, 2.05) is 69.2 Å². The van der Waals surface area contributed by atoms with E-state index in [1.54, 1.807) is 17.0 Å². The number of aryl methyl sites for hydroxylation is 1. The van der Waals surface area contributed by atoms with Crippen molar-refractivity contribution in [2.45, 2.75) is 26.3 Å². The minimum atomic E-state index is -0.631. The maximum Gasteiger partial charge on any atom is 0.295 e. The first kappa shape index (κ1) is 19.7. The summed E-state index contributed by atoms with van der Waals surface area (Å²) < 4.78 is 0. The highest BCUT2D eigenvalue weighted by Gasteiger charge is 2.45. The Morgan fingerprint density at radius 3 is 2.18 bits per heavy atom. The van der Waals surface area contributed by atoms with E-state index in [0.717, 1.165) is 23.2 Å². The van der Waals surface area contributed by atoms with E-state index in [2.05, 4.69) is 0 Å². The van der Waals surface area contributed by atoms with Crippen LogP contribution in [-0.4, -0.2) is 42.3 Å². The predicted octanol–water partition coefficient (Wildman–Crippen LogP) is 3.89. The fourth-order valence-corrected chi connectivity index (χ4v) is 3.52. The lowest BCUT2D eigenvalue weighted by atomic mass is 9.95. The second-order valence-corrected chi connectivity index (χ2v) is 7.34. The fraction of sp³-hybridized carbons (Fsp3) is 0.304. The van der Waals surface area contributed by atoms with Gasteiger partial charge < -0.3 is 14.9 Å². The van der Waals surface area contributed by atoms with Gasteiger partial charge in [0.1, 0.15) is 5.76 Å². The van der Waals surface area contributed by atoms with Crippen molar-refractivity contribution in [3.8, 4) is 0 Å². The van der Waals surface area contributed by atoms with Crippen LogP contribution in [0.1, 0.15) is 36.1 Å². The predicted molar refractivity (Wildman–Crippen MR) is 111 cm³/mol. The Bertz CT molecular complexity index is 912. The number of hydrogen-bond acceptors (Lipinski definition) is 4. The number of ketones is 1. The SMILES string of the molecule is CCCN1C(=O)C(=O)/C(=C(\O)c2ccc(C)cc2)C1c1ccc(N(C)C)cc1. The molecule has 1 saturated heterocycles. The number of carbonyl (C=O) groups excluding carboxylic acids is 2. The zero-order valence-corrected chi connectivity index (χ0v) is 16.8. The van der Waals surface area contributed by atoms with Crippen molar-refractivity contribution in [1.29, 1.82) is 0 Å². The number of anilines is 1. The molecule has 1 aliphatic rings. The zero-order chi connectivity index (χ0) is 20.4. The maximum atomic E-state index is 12.8. The first-order chi connectivity index (χ1) is 13.3. The summed E-state index contributed by atoms with van der Waals surface area (Å²) in [4.78, 5) is 29.0. The van der Waals surface area contributed by atoms with Crippen LogP contribution in [-0.2, 0) is 9.59 Å². The third kappa shape index (κ3) is 3.52. The molecule has 1 heterocycles. The van der Waals surface area contributed by atoms with Crippen molar-refractivity contribution in [1.82, 2.24) is 4.90 Å². The third-order valence-corrected chi connectivity index (χ3v) is 5.05. The number of rotatable bonds is 5. The molecule has 0 spiro atoms. The number of aliphatic hydroxyl groups is 1. The van der Waals surface area contributed by atoms with Crippen molar-refractivity contribution in [3.63, 3.8) is 0 Å². The van der Waals surface area contributed by atoms with Crippen molar-refractivity contribution in [2.75, 3.05) is 25.5 Å². The second-order valence-electron chi connectivity index (χ2n) is 7.34. The summed E-state index contributed by atoms with van der Waals surface area (Å²) in [5, 5.41) is 10.9. The Hall–Kier alpha value is -3.08. The Morgan fingerprint density at radius 1 is 1.04 bits per heavy atom. The normalized spacial score (nSPS) is 18.6. The van der Waals surface area contributed by atoms with Crippen LogP contribution in [0.5, 0.6) is 0 Å². The monoisotopic (exact) mass is 378 g/mol. The number of benzene rings is 2. The molecule has 0 radical (unpaired) electrons. The van der Waals surface area contributed by atoms with Gasteiger partial charge >= 0.3 is 0 Å². The number of carbonyl (C=O) groups is 2. The van der Waals surface area contributed by atoms with Gasteiger partial charge in [-0.25, -0.2) is 0 Å². The van der Waals surface area contributed by atoms with Gasteiger partial charge in [0.25, 0.3) is 11.7 Å². The van der Waals surface area contributed by atoms with Crippen LogP contribution in [0, 0.1) is 6.92 Å². The first-order valence-electron chi connectivity index (χ1n) is 9.48. The van der Waals surface area contributed by atoms with Gasteiger partial charge in [0.2, 0.25) is 0 Å². The summed E-state index contributed by atoms with van der Waals surface area (Å²) in [6, 6.07) is 14.4. The minimum absolute atomic E-state index is 0.126. The molecule has 1 fully saturated rings. The quantitative estimate of drug-likeness (QED) is 0.487. The van der Waals surface area contributed by atoms with E-state index in [0.29, 0.717) is 12.1 Å². The topological polar surface area (TPSA) is 60.9 Å². The van der Waals surface area contributed by atoms with Gasteiger partial charge in [0.15, 0.2) is 0 Å². The van der Waals surface area contributed by atoms with E-state index in [-0.39, 0.29) is 11.3 Å². The molecule has 0 saturated carbocycles. The van der Waals surface area contributed by atoms with Gasteiger partial charge in [-0.1, -0.05) is 48.9 Å². The molecule has 2 aromatic rings. The summed E-state index contributed by atoms with van der Waals surface area (Å²) in [6.45, 7) is 4.37. The number of Topliss-reactive ketones (excluding diaryl/α,β-unsaturated/α-hetero) is 1. The van der Waals surface area contributed by atoms with Gasteiger partial charge in [-0.2, -0.15) is 0 Å². The van der Waals surface area contributed by atoms with Gasteiger partial charge in [-0.3, -0.25) is 9.59 Å². The van der Waals surface area contributed by atoms with E-state index in [1.165, 1.54) is 0 Å². The molecule has 2 aromatic carbocycles. The lowest BCUT2D eigenvalue weighted by Crippen LogP contribution is -2.30. The molecule has 0 aliphatic carbocycles. The molecule has 5 heteroatoms. The van der Waals surface area contributed by atoms with Crippen LogP contribution in [0.3, 0.4) is 0 Å². The number of amides is 1. The van der Waals surface area contributed by atoms with Gasteiger partial charge in [-0.15, -0.1) is 0 Å². The van der Waals surface area contributed by atoms with Crippen molar-refractivity contribution >= 4 is 23.1 Å². The molecule has 1 N–H and O–H groups in total. The summed E-state index contributed by atoms with van der Waals surface area (Å²) in [7, 11) is 3.91. The number of nitrogens with zero attached hydrogens (tertiary/aromatic N) is 2. The van der Waals surface area contributed by atoms with Crippen molar-refractivity contribution in [2.24, 2.45) is 0 Å². The average Bonchev–Trinajstić information content (AvgIpc) is 2.93. The lowest BCUT2D eigenvalue weighted by molar-refractivity contribution is -0.139. The molecule has 5 nitrogen and oxygen atoms in total. The lowest BCUT2D eigenvalue weighted by Gasteiger charge is -2.25. The van der Waals surface area contributed by atoms with Gasteiger partial charge in [-0.05, 0) is 31.0 Å². The zero-order valence-electron chi connectivity index (χ0n) is 16.8. The number of hydrogen-bond donors (Lipinski definition) is 1. The molecule has 1 amide bonds. The summed E-state index contributed by atoms with van der Waals surface area (Å²) in [6.07, 6.45) is 0.726. The third-order valence-electron chi connectivity index (χ3n) is 5.05. The van der Waals surface area contributed by atoms with Gasteiger partial charge in [0.05, 0.1) is 11.6 Å². The molecule has 1 unspecified atom stereocenters. The molecule has 1 atom stereocenters. The highest BCUT2D eigenvalue weighted by Crippen LogP contribution is 2.39. The smallest absolute Gasteiger partial charge is 0.295 e. The Kier molecular flexibility index (Phi) is 5.54.